The van der Waals surface area contributed by atoms with Gasteiger partial charge in [-0.3, -0.25) is 9.36 Å². The molecule has 0 atom stereocenters. The van der Waals surface area contributed by atoms with Gasteiger partial charge in [-0.2, -0.15) is 13.2 Å². The highest BCUT2D eigenvalue weighted by atomic mass is 19.4. The molecule has 3 aromatic rings. The van der Waals surface area contributed by atoms with Crippen molar-refractivity contribution in [3.63, 3.8) is 0 Å². The SMILES string of the molecule is O=C(NCCn1nc(-c2ccco2)n(C2CC2)c1=O)c1ccc(C(F)(F)F)cc1. The van der Waals surface area contributed by atoms with Gasteiger partial charge < -0.3 is 9.73 Å². The van der Waals surface area contributed by atoms with Gasteiger partial charge in [0.15, 0.2) is 5.76 Å². The van der Waals surface area contributed by atoms with E-state index >= 15 is 0 Å². The monoisotopic (exact) mass is 406 g/mol. The van der Waals surface area contributed by atoms with E-state index in [1.54, 1.807) is 16.7 Å². The third kappa shape index (κ3) is 3.96. The van der Waals surface area contributed by atoms with Crippen LogP contribution in [0.2, 0.25) is 0 Å². The Morgan fingerprint density at radius 2 is 1.93 bits per heavy atom. The van der Waals surface area contributed by atoms with Gasteiger partial charge in [0.2, 0.25) is 5.82 Å². The van der Waals surface area contributed by atoms with E-state index in [-0.39, 0.29) is 30.4 Å². The summed E-state index contributed by atoms with van der Waals surface area (Å²) in [4.78, 5) is 24.8. The minimum atomic E-state index is -4.46. The number of carbonyl (C=O) groups excluding carboxylic acids is 1. The number of furan rings is 1. The van der Waals surface area contributed by atoms with Gasteiger partial charge >= 0.3 is 11.9 Å². The summed E-state index contributed by atoms with van der Waals surface area (Å²) in [6.07, 6.45) is -1.17. The molecule has 7 nitrogen and oxygen atoms in total. The van der Waals surface area contributed by atoms with Gasteiger partial charge in [-0.1, -0.05) is 0 Å². The number of benzene rings is 1. The number of hydrogen-bond acceptors (Lipinski definition) is 4. The second-order valence-electron chi connectivity index (χ2n) is 6.74. The molecule has 4 rings (SSSR count). The van der Waals surface area contributed by atoms with Gasteiger partial charge in [0, 0.05) is 18.2 Å². The van der Waals surface area contributed by atoms with E-state index < -0.39 is 17.6 Å². The average molecular weight is 406 g/mol. The molecule has 2 aromatic heterocycles. The molecule has 10 heteroatoms. The predicted molar refractivity (Wildman–Crippen MR) is 96.2 cm³/mol. The van der Waals surface area contributed by atoms with E-state index in [1.807, 2.05) is 0 Å². The maximum atomic E-state index is 12.6. The fourth-order valence-electron chi connectivity index (χ4n) is 2.99. The van der Waals surface area contributed by atoms with Crippen molar-refractivity contribution in [1.82, 2.24) is 19.7 Å². The molecule has 1 aliphatic rings. The molecule has 0 saturated heterocycles. The molecular formula is C19H17F3N4O3. The minimum absolute atomic E-state index is 0.0955. The van der Waals surface area contributed by atoms with E-state index in [9.17, 15) is 22.8 Å². The number of nitrogens with zero attached hydrogens (tertiary/aromatic N) is 3. The molecule has 152 valence electrons. The van der Waals surface area contributed by atoms with Crippen LogP contribution in [-0.2, 0) is 12.7 Å². The molecule has 0 radical (unpaired) electrons. The zero-order valence-corrected chi connectivity index (χ0v) is 15.1. The summed E-state index contributed by atoms with van der Waals surface area (Å²) < 4.78 is 46.0. The third-order valence-corrected chi connectivity index (χ3v) is 4.61. The second kappa shape index (κ2) is 7.26. The van der Waals surface area contributed by atoms with Crippen LogP contribution < -0.4 is 11.0 Å². The van der Waals surface area contributed by atoms with Crippen molar-refractivity contribution in [3.05, 3.63) is 64.3 Å². The number of nitrogens with one attached hydrogen (secondary N) is 1. The lowest BCUT2D eigenvalue weighted by Gasteiger charge is -2.08. The molecule has 0 bridgehead atoms. The Morgan fingerprint density at radius 3 is 2.52 bits per heavy atom. The zero-order chi connectivity index (χ0) is 20.6. The van der Waals surface area contributed by atoms with Gasteiger partial charge in [-0.25, -0.2) is 9.48 Å². The van der Waals surface area contributed by atoms with Crippen LogP contribution in [0.3, 0.4) is 0 Å². The second-order valence-corrected chi connectivity index (χ2v) is 6.74. The van der Waals surface area contributed by atoms with Crippen molar-refractivity contribution >= 4 is 5.91 Å². The standard InChI is InChI=1S/C19H17F3N4O3/c20-19(21,22)13-5-3-12(4-6-13)17(27)23-9-10-25-18(28)26(14-7-8-14)16(24-25)15-2-1-11-29-15/h1-6,11,14H,7-10H2,(H,23,27). The summed E-state index contributed by atoms with van der Waals surface area (Å²) in [5.74, 6) is 0.401. The fourth-order valence-corrected chi connectivity index (χ4v) is 2.99. The van der Waals surface area contributed by atoms with Crippen LogP contribution >= 0.6 is 0 Å². The van der Waals surface area contributed by atoms with Gasteiger partial charge in [0.25, 0.3) is 5.91 Å². The lowest BCUT2D eigenvalue weighted by molar-refractivity contribution is -0.137. The van der Waals surface area contributed by atoms with Gasteiger partial charge in [-0.15, -0.1) is 5.10 Å². The molecule has 0 spiro atoms. The molecule has 1 saturated carbocycles. The molecule has 29 heavy (non-hydrogen) atoms. The molecule has 1 fully saturated rings. The Bertz CT molecular complexity index is 1060. The minimum Gasteiger partial charge on any atom is -0.461 e. The number of carbonyl (C=O) groups is 1. The summed E-state index contributed by atoms with van der Waals surface area (Å²) >= 11 is 0. The van der Waals surface area contributed by atoms with Crippen LogP contribution in [0, 0.1) is 0 Å². The largest absolute Gasteiger partial charge is 0.461 e. The smallest absolute Gasteiger partial charge is 0.416 e. The Hall–Kier alpha value is -3.30. The summed E-state index contributed by atoms with van der Waals surface area (Å²) in [5.41, 5.74) is -1.01. The first kappa shape index (κ1) is 19.0. The molecule has 1 aliphatic carbocycles. The molecular weight excluding hydrogens is 389 g/mol. The average Bonchev–Trinajstić information content (AvgIpc) is 3.26. The van der Waals surface area contributed by atoms with Crippen LogP contribution in [0.25, 0.3) is 11.6 Å². The van der Waals surface area contributed by atoms with Crippen LogP contribution in [0.5, 0.6) is 0 Å². The summed E-state index contributed by atoms with van der Waals surface area (Å²) in [7, 11) is 0. The van der Waals surface area contributed by atoms with E-state index in [0.717, 1.165) is 37.1 Å². The lowest BCUT2D eigenvalue weighted by Crippen LogP contribution is -2.32. The number of hydrogen-bond donors (Lipinski definition) is 1. The maximum Gasteiger partial charge on any atom is 0.416 e. The van der Waals surface area contributed by atoms with Crippen molar-refractivity contribution in [1.29, 1.82) is 0 Å². The summed E-state index contributed by atoms with van der Waals surface area (Å²) in [6, 6.07) is 7.46. The van der Waals surface area contributed by atoms with E-state index in [0.29, 0.717) is 11.6 Å². The van der Waals surface area contributed by atoms with E-state index in [2.05, 4.69) is 10.4 Å². The highest BCUT2D eigenvalue weighted by Gasteiger charge is 2.31. The highest BCUT2D eigenvalue weighted by molar-refractivity contribution is 5.94. The van der Waals surface area contributed by atoms with Crippen LogP contribution in [0.15, 0.2) is 51.9 Å². The first-order valence-electron chi connectivity index (χ1n) is 9.03. The summed E-state index contributed by atoms with van der Waals surface area (Å²) in [6.45, 7) is 0.220. The number of halogens is 3. The molecule has 0 aliphatic heterocycles. The fraction of sp³-hybridized carbons (Fsp3) is 0.316. The highest BCUT2D eigenvalue weighted by Crippen LogP contribution is 2.36. The van der Waals surface area contributed by atoms with Crippen molar-refractivity contribution in [2.45, 2.75) is 31.6 Å². The number of rotatable bonds is 6. The maximum absolute atomic E-state index is 12.6. The molecule has 2 heterocycles. The predicted octanol–water partition coefficient (Wildman–Crippen LogP) is 3.09. The Labute approximate surface area is 162 Å². The zero-order valence-electron chi connectivity index (χ0n) is 15.1. The van der Waals surface area contributed by atoms with Gasteiger partial charge in [0.1, 0.15) is 0 Å². The normalized spacial score (nSPS) is 14.2. The van der Waals surface area contributed by atoms with Crippen molar-refractivity contribution < 1.29 is 22.4 Å². The van der Waals surface area contributed by atoms with Crippen molar-refractivity contribution in [2.24, 2.45) is 0 Å². The van der Waals surface area contributed by atoms with E-state index in [4.69, 9.17) is 4.42 Å². The van der Waals surface area contributed by atoms with Gasteiger partial charge in [-0.05, 0) is 49.2 Å². The van der Waals surface area contributed by atoms with Crippen LogP contribution in [0.1, 0.15) is 34.8 Å². The first-order chi connectivity index (χ1) is 13.8. The number of aromatic nitrogens is 3. The lowest BCUT2D eigenvalue weighted by atomic mass is 10.1. The molecule has 1 aromatic carbocycles. The van der Waals surface area contributed by atoms with E-state index in [1.165, 1.54) is 10.9 Å². The number of alkyl halides is 3. The third-order valence-electron chi connectivity index (χ3n) is 4.61. The van der Waals surface area contributed by atoms with Gasteiger partial charge in [0.05, 0.1) is 18.4 Å². The molecule has 0 unspecified atom stereocenters. The topological polar surface area (TPSA) is 82.1 Å². The first-order valence-corrected chi connectivity index (χ1v) is 9.03. The molecule has 1 N–H and O–H groups in total. The summed E-state index contributed by atoms with van der Waals surface area (Å²) in [5, 5.41) is 6.91. The van der Waals surface area contributed by atoms with Crippen molar-refractivity contribution in [2.75, 3.05) is 6.54 Å². The quantitative estimate of drug-likeness (QED) is 0.682. The van der Waals surface area contributed by atoms with Crippen LogP contribution in [-0.4, -0.2) is 26.8 Å². The van der Waals surface area contributed by atoms with Crippen molar-refractivity contribution in [3.8, 4) is 11.6 Å². The Balaban J connectivity index is 1.43. The van der Waals surface area contributed by atoms with Crippen LogP contribution in [0.4, 0.5) is 13.2 Å². The molecule has 1 amide bonds. The number of amides is 1. The Kier molecular flexibility index (Phi) is 4.77. The Morgan fingerprint density at radius 1 is 1.21 bits per heavy atom.